The fourth-order valence-electron chi connectivity index (χ4n) is 1.79. The van der Waals surface area contributed by atoms with E-state index in [0.29, 0.717) is 16.6 Å². The molecule has 0 spiro atoms. The molecule has 2 heterocycles. The van der Waals surface area contributed by atoms with Crippen LogP contribution in [0.25, 0.3) is 10.9 Å². The molecular weight excluding hydrogens is 260 g/mol. The molecule has 0 aliphatic heterocycles. The number of hydrogen-bond donors (Lipinski definition) is 4. The first-order chi connectivity index (χ1) is 9.63. The fourth-order valence-corrected chi connectivity index (χ4v) is 1.79. The maximum absolute atomic E-state index is 12.1. The molecule has 1 amide bonds. The largest absolute Gasteiger partial charge is 0.399 e. The van der Waals surface area contributed by atoms with Gasteiger partial charge in [-0.15, -0.1) is 0 Å². The van der Waals surface area contributed by atoms with Gasteiger partial charge in [-0.1, -0.05) is 0 Å². The number of aromatic nitrogens is 4. The Morgan fingerprint density at radius 1 is 1.15 bits per heavy atom. The van der Waals surface area contributed by atoms with Crippen LogP contribution in [0.5, 0.6) is 0 Å². The number of benzene rings is 1. The minimum Gasteiger partial charge on any atom is -0.399 e. The number of nitrogens with one attached hydrogen (secondary N) is 3. The van der Waals surface area contributed by atoms with E-state index < -0.39 is 5.91 Å². The van der Waals surface area contributed by atoms with Gasteiger partial charge in [-0.3, -0.25) is 14.7 Å². The van der Waals surface area contributed by atoms with Gasteiger partial charge >= 0.3 is 0 Å². The van der Waals surface area contributed by atoms with Crippen LogP contribution in [-0.2, 0) is 0 Å². The van der Waals surface area contributed by atoms with E-state index in [1.807, 2.05) is 0 Å². The summed E-state index contributed by atoms with van der Waals surface area (Å²) < 4.78 is 0. The highest BCUT2D eigenvalue weighted by molar-refractivity contribution is 6.11. The molecule has 1 aromatic carbocycles. The molecule has 8 nitrogen and oxygen atoms in total. The van der Waals surface area contributed by atoms with Crippen LogP contribution in [-0.4, -0.2) is 26.3 Å². The van der Waals surface area contributed by atoms with Gasteiger partial charge in [0.15, 0.2) is 11.5 Å². The highest BCUT2D eigenvalue weighted by Gasteiger charge is 2.15. The molecule has 0 saturated carbocycles. The number of fused-ring (bicyclic) bond motifs is 1. The predicted octanol–water partition coefficient (Wildman–Crippen LogP) is 0.481. The van der Waals surface area contributed by atoms with Crippen molar-refractivity contribution in [2.45, 2.75) is 0 Å². The average Bonchev–Trinajstić information content (AvgIpc) is 2.84. The summed E-state index contributed by atoms with van der Waals surface area (Å²) in [5.41, 5.74) is 6.80. The van der Waals surface area contributed by atoms with Gasteiger partial charge in [-0.2, -0.15) is 10.2 Å². The zero-order valence-electron chi connectivity index (χ0n) is 10.2. The Labute approximate surface area is 112 Å². The number of nitrogens with two attached hydrogens (primary N) is 1. The highest BCUT2D eigenvalue weighted by Crippen LogP contribution is 2.19. The second-order valence-electron chi connectivity index (χ2n) is 4.14. The number of aromatic amines is 2. The van der Waals surface area contributed by atoms with Gasteiger partial charge in [0.1, 0.15) is 0 Å². The van der Waals surface area contributed by atoms with E-state index in [0.717, 1.165) is 0 Å². The fraction of sp³-hybridized carbons (Fsp3) is 0. The molecule has 0 fully saturated rings. The van der Waals surface area contributed by atoms with Crippen LogP contribution in [0.15, 0.2) is 35.1 Å². The summed E-state index contributed by atoms with van der Waals surface area (Å²) in [7, 11) is 0. The quantitative estimate of drug-likeness (QED) is 0.503. The highest BCUT2D eigenvalue weighted by atomic mass is 16.2. The number of hydrogen-bond acceptors (Lipinski definition) is 5. The summed E-state index contributed by atoms with van der Waals surface area (Å²) in [6, 6.07) is 7.79. The number of rotatable bonds is 2. The van der Waals surface area contributed by atoms with Crippen molar-refractivity contribution in [3.05, 3.63) is 46.4 Å². The standard InChI is InChI=1S/C12H10N6O2/c13-6-1-2-8-7(5-6)11(18-15-8)12(20)14-9-3-4-10(19)17-16-9/h1-5H,13H2,(H,15,18)(H,17,19)(H,14,16,20). The maximum Gasteiger partial charge on any atom is 0.278 e. The van der Waals surface area contributed by atoms with Crippen molar-refractivity contribution in [2.24, 2.45) is 0 Å². The van der Waals surface area contributed by atoms with Gasteiger partial charge < -0.3 is 11.1 Å². The van der Waals surface area contributed by atoms with Gasteiger partial charge in [0, 0.05) is 17.1 Å². The molecule has 3 rings (SSSR count). The second kappa shape index (κ2) is 4.50. The van der Waals surface area contributed by atoms with Crippen LogP contribution < -0.4 is 16.6 Å². The summed E-state index contributed by atoms with van der Waals surface area (Å²) in [5, 5.41) is 15.8. The number of amides is 1. The number of H-pyrrole nitrogens is 2. The lowest BCUT2D eigenvalue weighted by Crippen LogP contribution is -2.16. The van der Waals surface area contributed by atoms with Gasteiger partial charge in [0.05, 0.1) is 5.52 Å². The third kappa shape index (κ3) is 2.09. The van der Waals surface area contributed by atoms with Crippen molar-refractivity contribution >= 4 is 28.3 Å². The van der Waals surface area contributed by atoms with Gasteiger partial charge in [0.2, 0.25) is 0 Å². The van der Waals surface area contributed by atoms with Crippen molar-refractivity contribution in [1.29, 1.82) is 0 Å². The number of anilines is 2. The Bertz CT molecular complexity index is 830. The molecule has 0 saturated heterocycles. The lowest BCUT2D eigenvalue weighted by Gasteiger charge is -2.01. The molecule has 2 aromatic heterocycles. The molecule has 0 bridgehead atoms. The maximum atomic E-state index is 12.1. The zero-order valence-corrected chi connectivity index (χ0v) is 10.2. The van der Waals surface area contributed by atoms with Crippen LogP contribution in [0, 0.1) is 0 Å². The Morgan fingerprint density at radius 2 is 2.00 bits per heavy atom. The first kappa shape index (κ1) is 11.9. The monoisotopic (exact) mass is 270 g/mol. The number of carbonyl (C=O) groups is 1. The molecular formula is C12H10N6O2. The number of nitrogen functional groups attached to an aromatic ring is 1. The second-order valence-corrected chi connectivity index (χ2v) is 4.14. The van der Waals surface area contributed by atoms with Crippen LogP contribution >= 0.6 is 0 Å². The third-order valence-corrected chi connectivity index (χ3v) is 2.72. The lowest BCUT2D eigenvalue weighted by atomic mass is 10.2. The minimum absolute atomic E-state index is 0.209. The summed E-state index contributed by atoms with van der Waals surface area (Å²) >= 11 is 0. The molecule has 5 N–H and O–H groups in total. The van der Waals surface area contributed by atoms with Crippen LogP contribution in [0.4, 0.5) is 11.5 Å². The Kier molecular flexibility index (Phi) is 2.68. The SMILES string of the molecule is Nc1ccc2[nH]nc(C(=O)Nc3ccc(=O)[nH]n3)c2c1. The lowest BCUT2D eigenvalue weighted by molar-refractivity contribution is 0.102. The summed E-state index contributed by atoms with van der Waals surface area (Å²) in [5.74, 6) is -0.212. The summed E-state index contributed by atoms with van der Waals surface area (Å²) in [4.78, 5) is 23.0. The first-order valence-corrected chi connectivity index (χ1v) is 5.74. The normalized spacial score (nSPS) is 10.6. The van der Waals surface area contributed by atoms with Crippen LogP contribution in [0.1, 0.15) is 10.5 Å². The molecule has 3 aromatic rings. The summed E-state index contributed by atoms with van der Waals surface area (Å²) in [6.07, 6.45) is 0. The van der Waals surface area contributed by atoms with Gasteiger partial charge in [-0.05, 0) is 24.3 Å². The van der Waals surface area contributed by atoms with E-state index in [9.17, 15) is 9.59 Å². The topological polar surface area (TPSA) is 130 Å². The van der Waals surface area contributed by atoms with Crippen molar-refractivity contribution in [3.63, 3.8) is 0 Å². The van der Waals surface area contributed by atoms with Gasteiger partial charge in [-0.25, -0.2) is 5.10 Å². The molecule has 0 aliphatic carbocycles. The molecule has 20 heavy (non-hydrogen) atoms. The van der Waals surface area contributed by atoms with E-state index in [1.165, 1.54) is 12.1 Å². The molecule has 0 aliphatic rings. The van der Waals surface area contributed by atoms with Crippen molar-refractivity contribution in [2.75, 3.05) is 11.1 Å². The van der Waals surface area contributed by atoms with E-state index in [1.54, 1.807) is 18.2 Å². The minimum atomic E-state index is -0.443. The predicted molar refractivity (Wildman–Crippen MR) is 73.3 cm³/mol. The molecule has 0 unspecified atom stereocenters. The van der Waals surface area contributed by atoms with E-state index >= 15 is 0 Å². The Balaban J connectivity index is 1.94. The van der Waals surface area contributed by atoms with E-state index in [4.69, 9.17) is 5.73 Å². The molecule has 100 valence electrons. The zero-order chi connectivity index (χ0) is 14.1. The first-order valence-electron chi connectivity index (χ1n) is 5.74. The third-order valence-electron chi connectivity index (χ3n) is 2.72. The van der Waals surface area contributed by atoms with Crippen molar-refractivity contribution in [3.8, 4) is 0 Å². The van der Waals surface area contributed by atoms with Gasteiger partial charge in [0.25, 0.3) is 11.5 Å². The summed E-state index contributed by atoms with van der Waals surface area (Å²) in [6.45, 7) is 0. The van der Waals surface area contributed by atoms with Crippen molar-refractivity contribution in [1.82, 2.24) is 20.4 Å². The van der Waals surface area contributed by atoms with E-state index in [2.05, 4.69) is 25.7 Å². The Morgan fingerprint density at radius 3 is 2.75 bits per heavy atom. The molecule has 8 heteroatoms. The van der Waals surface area contributed by atoms with E-state index in [-0.39, 0.29) is 17.1 Å². The smallest absolute Gasteiger partial charge is 0.278 e. The number of nitrogens with zero attached hydrogens (tertiary/aromatic N) is 2. The Hall–Kier alpha value is -3.16. The van der Waals surface area contributed by atoms with Crippen LogP contribution in [0.3, 0.4) is 0 Å². The van der Waals surface area contributed by atoms with Crippen LogP contribution in [0.2, 0.25) is 0 Å². The molecule has 0 radical (unpaired) electrons. The molecule has 0 atom stereocenters. The average molecular weight is 270 g/mol. The number of carbonyl (C=O) groups excluding carboxylic acids is 1. The van der Waals surface area contributed by atoms with Crippen molar-refractivity contribution < 1.29 is 4.79 Å².